The van der Waals surface area contributed by atoms with Gasteiger partial charge in [0, 0.05) is 38.1 Å². The van der Waals surface area contributed by atoms with Crippen LogP contribution in [0.3, 0.4) is 0 Å². The summed E-state index contributed by atoms with van der Waals surface area (Å²) >= 11 is 0. The van der Waals surface area contributed by atoms with Crippen molar-refractivity contribution in [3.8, 4) is 5.69 Å². The summed E-state index contributed by atoms with van der Waals surface area (Å²) in [6.45, 7) is 6.11. The van der Waals surface area contributed by atoms with E-state index in [9.17, 15) is 0 Å². The lowest BCUT2D eigenvalue weighted by atomic mass is 10.2. The van der Waals surface area contributed by atoms with Crippen molar-refractivity contribution < 1.29 is 0 Å². The molecule has 0 fully saturated rings. The maximum absolute atomic E-state index is 4.58. The van der Waals surface area contributed by atoms with Crippen LogP contribution in [0.2, 0.25) is 0 Å². The Morgan fingerprint density at radius 3 is 2.68 bits per heavy atom. The first-order valence-corrected chi connectivity index (χ1v) is 8.80. The second-order valence-electron chi connectivity index (χ2n) is 6.80. The Balaban J connectivity index is 1.58. The van der Waals surface area contributed by atoms with Crippen LogP contribution >= 0.6 is 0 Å². The fourth-order valence-corrected chi connectivity index (χ4v) is 3.21. The molecule has 0 N–H and O–H groups in total. The molecule has 5 heteroatoms. The van der Waals surface area contributed by atoms with Crippen molar-refractivity contribution >= 4 is 0 Å². The average Bonchev–Trinajstić information content (AvgIpc) is 3.13. The second-order valence-corrected chi connectivity index (χ2v) is 6.80. The van der Waals surface area contributed by atoms with Gasteiger partial charge in [0.2, 0.25) is 0 Å². The fourth-order valence-electron chi connectivity index (χ4n) is 3.21. The number of nitrogens with zero attached hydrogens (tertiary/aromatic N) is 5. The first kappa shape index (κ1) is 17.4. The van der Waals surface area contributed by atoms with E-state index in [1.165, 1.54) is 5.56 Å². The molecule has 0 aliphatic rings. The Kier molecular flexibility index (Phi) is 5.34. The van der Waals surface area contributed by atoms with Crippen LogP contribution in [0, 0.1) is 13.8 Å². The Morgan fingerprint density at radius 1 is 1.16 bits per heavy atom. The minimum Gasteiger partial charge on any atom is -0.338 e. The highest BCUT2D eigenvalue weighted by Gasteiger charge is 2.07. The molecule has 2 aromatic heterocycles. The van der Waals surface area contributed by atoms with Crippen LogP contribution in [0.15, 0.2) is 42.7 Å². The first-order chi connectivity index (χ1) is 12.0. The van der Waals surface area contributed by atoms with Crippen LogP contribution in [0.5, 0.6) is 0 Å². The molecule has 25 heavy (non-hydrogen) atoms. The molecule has 132 valence electrons. The van der Waals surface area contributed by atoms with Gasteiger partial charge in [-0.15, -0.1) is 0 Å². The zero-order chi connectivity index (χ0) is 17.8. The molecule has 0 saturated carbocycles. The van der Waals surface area contributed by atoms with E-state index >= 15 is 0 Å². The van der Waals surface area contributed by atoms with E-state index in [2.05, 4.69) is 70.9 Å². The largest absolute Gasteiger partial charge is 0.338 e. The van der Waals surface area contributed by atoms with Crippen LogP contribution in [0.4, 0.5) is 0 Å². The average molecular weight is 337 g/mol. The minimum atomic E-state index is 0.938. The summed E-state index contributed by atoms with van der Waals surface area (Å²) in [5, 5.41) is 4.58. The van der Waals surface area contributed by atoms with Crippen molar-refractivity contribution in [3.05, 3.63) is 65.5 Å². The van der Waals surface area contributed by atoms with E-state index in [-0.39, 0.29) is 0 Å². The van der Waals surface area contributed by atoms with Gasteiger partial charge in [-0.3, -0.25) is 0 Å². The van der Waals surface area contributed by atoms with Crippen LogP contribution < -0.4 is 0 Å². The van der Waals surface area contributed by atoms with E-state index in [1.54, 1.807) is 0 Å². The first-order valence-electron chi connectivity index (χ1n) is 8.80. The van der Waals surface area contributed by atoms with Crippen molar-refractivity contribution in [2.24, 2.45) is 7.05 Å². The molecule has 0 bridgehead atoms. The molecule has 1 aromatic carbocycles. The summed E-state index contributed by atoms with van der Waals surface area (Å²) in [6, 6.07) is 10.8. The third-order valence-electron chi connectivity index (χ3n) is 4.48. The Morgan fingerprint density at radius 2 is 2.00 bits per heavy atom. The number of benzene rings is 1. The highest BCUT2D eigenvalue weighted by molar-refractivity contribution is 5.37. The van der Waals surface area contributed by atoms with Gasteiger partial charge in [-0.1, -0.05) is 12.1 Å². The van der Waals surface area contributed by atoms with E-state index < -0.39 is 0 Å². The monoisotopic (exact) mass is 337 g/mol. The van der Waals surface area contributed by atoms with Gasteiger partial charge in [-0.25, -0.2) is 9.67 Å². The summed E-state index contributed by atoms with van der Waals surface area (Å²) < 4.78 is 4.11. The third-order valence-corrected chi connectivity index (χ3v) is 4.48. The number of hydrogen-bond acceptors (Lipinski definition) is 3. The van der Waals surface area contributed by atoms with E-state index in [0.717, 1.165) is 48.8 Å². The molecule has 2 heterocycles. The Hall–Kier alpha value is -2.40. The van der Waals surface area contributed by atoms with E-state index in [4.69, 9.17) is 0 Å². The number of aryl methyl sites for hydroxylation is 4. The van der Waals surface area contributed by atoms with Gasteiger partial charge < -0.3 is 9.47 Å². The summed E-state index contributed by atoms with van der Waals surface area (Å²) in [7, 11) is 4.23. The zero-order valence-electron chi connectivity index (χ0n) is 15.6. The molecular formula is C20H27N5. The standard InChI is InChI=1S/C20H27N5/c1-16-13-17(2)25(22-16)19-8-5-7-18(14-19)15-23(3)11-6-9-20-21-10-12-24(20)4/h5,7-8,10,12-14H,6,9,11,15H2,1-4H3. The highest BCUT2D eigenvalue weighted by Crippen LogP contribution is 2.15. The maximum Gasteiger partial charge on any atom is 0.108 e. The van der Waals surface area contributed by atoms with Gasteiger partial charge in [0.05, 0.1) is 11.4 Å². The molecule has 0 saturated heterocycles. The molecule has 0 amide bonds. The third kappa shape index (κ3) is 4.37. The lowest BCUT2D eigenvalue weighted by Gasteiger charge is -2.17. The normalized spacial score (nSPS) is 11.4. The highest BCUT2D eigenvalue weighted by atomic mass is 15.3. The number of rotatable bonds is 7. The van der Waals surface area contributed by atoms with Crippen molar-refractivity contribution in [2.75, 3.05) is 13.6 Å². The lowest BCUT2D eigenvalue weighted by Crippen LogP contribution is -2.20. The molecule has 0 spiro atoms. The summed E-state index contributed by atoms with van der Waals surface area (Å²) in [5.74, 6) is 1.15. The predicted molar refractivity (Wildman–Crippen MR) is 101 cm³/mol. The molecule has 0 aliphatic heterocycles. The maximum atomic E-state index is 4.58. The van der Waals surface area contributed by atoms with Crippen LogP contribution in [0.25, 0.3) is 5.69 Å². The summed E-state index contributed by atoms with van der Waals surface area (Å²) in [6.07, 6.45) is 5.99. The van der Waals surface area contributed by atoms with Crippen molar-refractivity contribution in [1.29, 1.82) is 0 Å². The molecular weight excluding hydrogens is 310 g/mol. The Bertz CT molecular complexity index is 830. The van der Waals surface area contributed by atoms with Gasteiger partial charge >= 0.3 is 0 Å². The molecule has 3 rings (SSSR count). The van der Waals surface area contributed by atoms with Gasteiger partial charge in [0.15, 0.2) is 0 Å². The van der Waals surface area contributed by atoms with Crippen molar-refractivity contribution in [1.82, 2.24) is 24.2 Å². The summed E-state index contributed by atoms with van der Waals surface area (Å²) in [4.78, 5) is 6.75. The number of aromatic nitrogens is 4. The minimum absolute atomic E-state index is 0.938. The smallest absolute Gasteiger partial charge is 0.108 e. The Labute approximate surface area is 149 Å². The molecule has 0 unspecified atom stereocenters. The number of imidazole rings is 1. The zero-order valence-corrected chi connectivity index (χ0v) is 15.6. The van der Waals surface area contributed by atoms with Crippen LogP contribution in [0.1, 0.15) is 29.2 Å². The predicted octanol–water partition coefficient (Wildman–Crippen LogP) is 3.29. The van der Waals surface area contributed by atoms with Crippen molar-refractivity contribution in [2.45, 2.75) is 33.2 Å². The molecule has 0 radical (unpaired) electrons. The summed E-state index contributed by atoms with van der Waals surface area (Å²) in [5.41, 5.74) is 4.65. The van der Waals surface area contributed by atoms with Crippen LogP contribution in [-0.2, 0) is 20.0 Å². The van der Waals surface area contributed by atoms with E-state index in [0.29, 0.717) is 0 Å². The van der Waals surface area contributed by atoms with Gasteiger partial charge in [0.25, 0.3) is 0 Å². The quantitative estimate of drug-likeness (QED) is 0.664. The van der Waals surface area contributed by atoms with Gasteiger partial charge in [-0.2, -0.15) is 5.10 Å². The van der Waals surface area contributed by atoms with Crippen LogP contribution in [-0.4, -0.2) is 37.8 Å². The molecule has 5 nitrogen and oxygen atoms in total. The number of hydrogen-bond donors (Lipinski definition) is 0. The molecule has 0 aliphatic carbocycles. The SMILES string of the molecule is Cc1cc(C)n(-c2cccc(CN(C)CCCc3nccn3C)c2)n1. The van der Waals surface area contributed by atoms with Crippen molar-refractivity contribution in [3.63, 3.8) is 0 Å². The van der Waals surface area contributed by atoms with E-state index in [1.807, 2.05) is 24.0 Å². The lowest BCUT2D eigenvalue weighted by molar-refractivity contribution is 0.321. The fraction of sp³-hybridized carbons (Fsp3) is 0.400. The second kappa shape index (κ2) is 7.66. The van der Waals surface area contributed by atoms with Gasteiger partial charge in [-0.05, 0) is 57.6 Å². The topological polar surface area (TPSA) is 38.9 Å². The molecule has 0 atom stereocenters. The molecule has 3 aromatic rings. The van der Waals surface area contributed by atoms with Gasteiger partial charge in [0.1, 0.15) is 5.82 Å².